The monoisotopic (exact) mass is 1980 g/mol. The van der Waals surface area contributed by atoms with Gasteiger partial charge in [0.15, 0.2) is 0 Å². The fourth-order valence-corrected chi connectivity index (χ4v) is 22.0. The summed E-state index contributed by atoms with van der Waals surface area (Å²) in [6, 6.07) is 137. The molecule has 0 amide bonds. The van der Waals surface area contributed by atoms with E-state index in [2.05, 4.69) is 622 Å². The molecule has 0 saturated carbocycles. The van der Waals surface area contributed by atoms with Crippen molar-refractivity contribution in [3.05, 3.63) is 452 Å². The van der Waals surface area contributed by atoms with Gasteiger partial charge in [-0.05, 0) is 308 Å². The number of hydrogen-bond acceptors (Lipinski definition) is 3. The molecule has 8 nitrogen and oxygen atoms in total. The molecule has 0 fully saturated rings. The molecule has 0 bridgehead atoms. The highest BCUT2D eigenvalue weighted by Gasteiger charge is 2.29. The molecule has 0 aliphatic carbocycles. The van der Waals surface area contributed by atoms with E-state index >= 15 is 0 Å². The first-order chi connectivity index (χ1) is 71.0. The lowest BCUT2D eigenvalue weighted by molar-refractivity contribution is 0.421. The molecule has 150 heavy (non-hydrogen) atoms. The molecule has 0 N–H and O–H groups in total. The first-order valence-electron chi connectivity index (χ1n) is 53.5. The quantitative estimate of drug-likeness (QED) is 0.177. The minimum Gasteiger partial charge on any atom is -0.335 e. The predicted molar refractivity (Wildman–Crippen MR) is 654 cm³/mol. The van der Waals surface area contributed by atoms with Crippen LogP contribution in [0.3, 0.4) is 0 Å². The van der Waals surface area contributed by atoms with Gasteiger partial charge in [-0.3, -0.25) is 9.97 Å². The van der Waals surface area contributed by atoms with Gasteiger partial charge in [-0.2, -0.15) is 0 Å². The molecule has 23 rings (SSSR count). The smallest absolute Gasteiger partial charge is 0.141 e. The lowest BCUT2D eigenvalue weighted by Gasteiger charge is -2.27. The molecule has 8 heterocycles. The summed E-state index contributed by atoms with van der Waals surface area (Å²) in [4.78, 5) is 13.3. The summed E-state index contributed by atoms with van der Waals surface area (Å²) in [5.41, 5.74) is 32.7. The molecule has 0 aliphatic rings. The largest absolute Gasteiger partial charge is 0.335 e. The standard InChI is InChI=1S/C22H22.C20H19N.C16H17N.C16H18.3C15H16N2.C12H18.C11H16/c1-22(2,3)21-19(17-11-6-4-7-12-17)15-10-16-20(21)18-13-8-5-9-14-18;1-20(2,3)21-18-11-7-6-10-16(18)17-12-14-8-4-5-9-15(14)13-19(17)21;1-16(2,3)17-14-10-6-4-8-12(14)13-9-5-7-11-15(13)17;1-16(2,3)15-12-8-7-11-14(15)13-9-5-4-6-10-13;1-15(2,3)17-13-9-5-4-7-11(13)12-8-6-10-16-14(12)17;1-15(2,3)17-12-8-5-4-7-11(12)14-13(17)9-6-10-16-14;1-15(2,3)17-13-7-5-4-6-11(13)12-10-16-9-8-14(12)17;1-9-7-6-8-10(2)11(9)12(3,4)5;1-9-7-5-6-8-10(9)11(2,3)4/h4-16H,1-3H3;4-13H,1-3H3;4-11H,1-3H3;4-12H,1-3H3;3*4-10H,1-3H3;6-8H,1-5H3;5-8H,1-4H3. The first-order valence-corrected chi connectivity index (χ1v) is 53.5. The Balaban J connectivity index is 0.000000127. The van der Waals surface area contributed by atoms with Gasteiger partial charge in [-0.1, -0.05) is 392 Å². The molecule has 0 radical (unpaired) electrons. The lowest BCUT2D eigenvalue weighted by atomic mass is 9.77. The fourth-order valence-electron chi connectivity index (χ4n) is 22.0. The molecule has 766 valence electrons. The molecular weight excluding hydrogens is 1820 g/mol. The van der Waals surface area contributed by atoms with Crippen molar-refractivity contribution in [3.8, 4) is 33.4 Å². The van der Waals surface area contributed by atoms with Crippen LogP contribution in [0.4, 0.5) is 0 Å². The lowest BCUT2D eigenvalue weighted by Crippen LogP contribution is -2.21. The van der Waals surface area contributed by atoms with Crippen molar-refractivity contribution in [3.63, 3.8) is 0 Å². The van der Waals surface area contributed by atoms with Crippen LogP contribution in [0.5, 0.6) is 0 Å². The third-order valence-electron chi connectivity index (χ3n) is 27.8. The van der Waals surface area contributed by atoms with E-state index in [-0.39, 0.29) is 49.4 Å². The van der Waals surface area contributed by atoms with Gasteiger partial charge in [-0.15, -0.1) is 0 Å². The molecule has 0 atom stereocenters. The average Bonchev–Trinajstić information content (AvgIpc) is 1.59. The van der Waals surface area contributed by atoms with E-state index < -0.39 is 0 Å². The van der Waals surface area contributed by atoms with E-state index in [1.54, 1.807) is 0 Å². The SMILES string of the molecule is CC(C)(C)c1c(-c2ccccc2)cccc1-c1ccccc1.CC(C)(C)c1ccccc1-c1ccccc1.CC(C)(C)n1c2ccccc2c2cc3ccccc3cc21.CC(C)(C)n1c2ccccc2c2ccccc21.CC(C)(C)n1c2ccccc2c2cccnc21.CC(C)(C)n1c2ccccc2c2cnccc21.CC(C)(C)n1c2ccccc2c2ncccc21.Cc1cccc(C)c1C(C)(C)C.Cc1ccccc1C(C)(C)C. The Kier molecular flexibility index (Phi) is 32.6. The molecule has 0 saturated heterocycles. The third kappa shape index (κ3) is 24.6. The third-order valence-corrected chi connectivity index (χ3v) is 27.8. The van der Waals surface area contributed by atoms with E-state index in [0.29, 0.717) is 0 Å². The van der Waals surface area contributed by atoms with Crippen LogP contribution in [0, 0.1) is 20.8 Å². The minimum atomic E-state index is 0.0374. The number of aromatic nitrogens is 8. The Bertz CT molecular complexity index is 7770. The highest BCUT2D eigenvalue weighted by atomic mass is 15.1. The van der Waals surface area contributed by atoms with Crippen LogP contribution in [0.2, 0.25) is 0 Å². The van der Waals surface area contributed by atoms with Crippen LogP contribution in [-0.4, -0.2) is 37.8 Å². The number of para-hydroxylation sites is 6. The molecule has 0 aliphatic heterocycles. The summed E-state index contributed by atoms with van der Waals surface area (Å²) < 4.78 is 12.0. The Morgan fingerprint density at radius 2 is 0.487 bits per heavy atom. The van der Waals surface area contributed by atoms with Crippen LogP contribution in [-0.2, 0) is 49.4 Å². The van der Waals surface area contributed by atoms with Gasteiger partial charge >= 0.3 is 0 Å². The Morgan fingerprint density at radius 1 is 0.187 bits per heavy atom. The number of benzene rings is 15. The van der Waals surface area contributed by atoms with Crippen LogP contribution in [0.25, 0.3) is 153 Å². The second-order valence-electron chi connectivity index (χ2n) is 48.9. The molecular formula is C142H158N8. The van der Waals surface area contributed by atoms with Gasteiger partial charge in [0.2, 0.25) is 0 Å². The summed E-state index contributed by atoms with van der Waals surface area (Å²) in [5, 5.41) is 14.3. The summed E-state index contributed by atoms with van der Waals surface area (Å²) in [6.45, 7) is 67.4. The van der Waals surface area contributed by atoms with Crippen LogP contribution >= 0.6 is 0 Å². The fraction of sp³-hybridized carbons (Fsp3) is 0.275. The minimum absolute atomic E-state index is 0.0374. The van der Waals surface area contributed by atoms with Crippen molar-refractivity contribution < 1.29 is 0 Å². The Labute approximate surface area is 894 Å². The van der Waals surface area contributed by atoms with Crippen LogP contribution in [0.15, 0.2) is 413 Å². The van der Waals surface area contributed by atoms with Crippen molar-refractivity contribution in [1.82, 2.24) is 37.8 Å². The van der Waals surface area contributed by atoms with Gasteiger partial charge in [0, 0.05) is 123 Å². The molecule has 8 aromatic heterocycles. The number of fused-ring (bicyclic) bond motifs is 16. The summed E-state index contributed by atoms with van der Waals surface area (Å²) in [6.07, 6.45) is 7.55. The number of aryl methyl sites for hydroxylation is 3. The van der Waals surface area contributed by atoms with Crippen LogP contribution < -0.4 is 0 Å². The number of rotatable bonds is 3. The number of pyridine rings is 3. The van der Waals surface area contributed by atoms with E-state index in [0.717, 1.165) is 11.2 Å². The highest BCUT2D eigenvalue weighted by Crippen LogP contribution is 2.45. The van der Waals surface area contributed by atoms with Crippen molar-refractivity contribution in [2.75, 3.05) is 0 Å². The molecule has 0 unspecified atom stereocenters. The molecule has 23 aromatic rings. The summed E-state index contributed by atoms with van der Waals surface area (Å²) in [5.74, 6) is 0. The molecule has 15 aromatic carbocycles. The predicted octanol–water partition coefficient (Wildman–Crippen LogP) is 39.9. The van der Waals surface area contributed by atoms with E-state index in [4.69, 9.17) is 0 Å². The van der Waals surface area contributed by atoms with Crippen molar-refractivity contribution in [1.29, 1.82) is 0 Å². The second-order valence-corrected chi connectivity index (χ2v) is 48.9. The van der Waals surface area contributed by atoms with Crippen molar-refractivity contribution >= 4 is 120 Å². The average molecular weight is 1980 g/mol. The second kappa shape index (κ2) is 44.8. The maximum atomic E-state index is 4.55. The van der Waals surface area contributed by atoms with Gasteiger partial charge in [-0.25, -0.2) is 4.98 Å². The van der Waals surface area contributed by atoms with E-state index in [1.165, 1.54) is 181 Å². The number of nitrogens with zero attached hydrogens (tertiary/aromatic N) is 8. The van der Waals surface area contributed by atoms with Gasteiger partial charge < -0.3 is 22.8 Å². The molecule has 0 spiro atoms. The zero-order valence-electron chi connectivity index (χ0n) is 94.8. The number of hydrogen-bond donors (Lipinski definition) is 0. The highest BCUT2D eigenvalue weighted by molar-refractivity contribution is 6.14. The zero-order valence-corrected chi connectivity index (χ0v) is 94.8. The van der Waals surface area contributed by atoms with Gasteiger partial charge in [0.05, 0.1) is 33.1 Å². The maximum Gasteiger partial charge on any atom is 0.141 e. The topological polar surface area (TPSA) is 63.3 Å². The van der Waals surface area contributed by atoms with Gasteiger partial charge in [0.1, 0.15) is 5.65 Å². The Morgan fingerprint density at radius 3 is 0.913 bits per heavy atom. The van der Waals surface area contributed by atoms with Crippen molar-refractivity contribution in [2.45, 2.75) is 257 Å². The van der Waals surface area contributed by atoms with Crippen molar-refractivity contribution in [2.24, 2.45) is 0 Å². The first kappa shape index (κ1) is 109. The Hall–Kier alpha value is -15.0. The summed E-state index contributed by atoms with van der Waals surface area (Å²) in [7, 11) is 0. The van der Waals surface area contributed by atoms with E-state index in [9.17, 15) is 0 Å². The summed E-state index contributed by atoms with van der Waals surface area (Å²) >= 11 is 0. The van der Waals surface area contributed by atoms with Gasteiger partial charge in [0.25, 0.3) is 0 Å². The van der Waals surface area contributed by atoms with Crippen LogP contribution in [0.1, 0.15) is 226 Å². The zero-order chi connectivity index (χ0) is 108. The molecule has 8 heteroatoms. The maximum absolute atomic E-state index is 4.55. The normalized spacial score (nSPS) is 12.1. The van der Waals surface area contributed by atoms with E-state index in [1.807, 2.05) is 36.9 Å².